The summed E-state index contributed by atoms with van der Waals surface area (Å²) in [5.74, 6) is 0. The molecule has 4 heterocycles. The van der Waals surface area contributed by atoms with Crippen LogP contribution >= 0.6 is 0 Å². The molecule has 5 aromatic carbocycles. The third kappa shape index (κ3) is 2.60. The van der Waals surface area contributed by atoms with E-state index in [0.29, 0.717) is 0 Å². The Morgan fingerprint density at radius 1 is 0.400 bits per heavy atom. The molecule has 0 fully saturated rings. The summed E-state index contributed by atoms with van der Waals surface area (Å²) in [6.45, 7) is 14.8. The average Bonchev–Trinajstić information content (AvgIpc) is 3.63. The van der Waals surface area contributed by atoms with E-state index in [1.54, 1.807) is 10.4 Å². The van der Waals surface area contributed by atoms with E-state index in [1.165, 1.54) is 76.2 Å². The van der Waals surface area contributed by atoms with Gasteiger partial charge in [-0.05, 0) is 24.3 Å². The van der Waals surface area contributed by atoms with Crippen molar-refractivity contribution in [1.82, 2.24) is 8.80 Å². The van der Waals surface area contributed by atoms with Crippen molar-refractivity contribution >= 4 is 103 Å². The molecule has 0 saturated heterocycles. The molecule has 4 aromatic heterocycles. The second-order valence-corrected chi connectivity index (χ2v) is 23.9. The zero-order valence-corrected chi connectivity index (χ0v) is 26.0. The summed E-state index contributed by atoms with van der Waals surface area (Å²) < 4.78 is 5.14. The largest absolute Gasteiger partial charge is 0.308 e. The molecule has 4 heteroatoms. The van der Waals surface area contributed by atoms with E-state index >= 15 is 0 Å². The van der Waals surface area contributed by atoms with Gasteiger partial charge in [0.25, 0.3) is 0 Å². The van der Waals surface area contributed by atoms with E-state index in [-0.39, 0.29) is 0 Å². The normalized spacial score (nSPS) is 13.8. The molecule has 0 saturated carbocycles. The third-order valence-corrected chi connectivity index (χ3v) is 13.5. The Bertz CT molecular complexity index is 2320. The van der Waals surface area contributed by atoms with E-state index in [0.717, 1.165) is 0 Å². The van der Waals surface area contributed by atoms with E-state index in [2.05, 4.69) is 133 Å². The fraction of sp³-hybridized carbons (Fsp3) is 0.167. The van der Waals surface area contributed by atoms with Crippen molar-refractivity contribution in [3.05, 3.63) is 84.9 Å². The minimum atomic E-state index is -1.55. The Morgan fingerprint density at radius 3 is 1.20 bits per heavy atom. The minimum Gasteiger partial charge on any atom is -0.308 e. The van der Waals surface area contributed by atoms with Gasteiger partial charge in [-0.1, -0.05) is 110 Å². The van der Waals surface area contributed by atoms with Crippen LogP contribution in [-0.2, 0) is 0 Å². The van der Waals surface area contributed by atoms with E-state index in [1.807, 2.05) is 0 Å². The van der Waals surface area contributed by atoms with Gasteiger partial charge < -0.3 is 8.80 Å². The monoisotopic (exact) mass is 548 g/mol. The third-order valence-electron chi connectivity index (χ3n) is 9.42. The van der Waals surface area contributed by atoms with Crippen molar-refractivity contribution < 1.29 is 0 Å². The summed E-state index contributed by atoms with van der Waals surface area (Å²) in [6, 6.07) is 32.8. The first kappa shape index (κ1) is 22.9. The van der Waals surface area contributed by atoms with Gasteiger partial charge in [-0.3, -0.25) is 0 Å². The number of para-hydroxylation sites is 2. The number of nitrogens with zero attached hydrogens (tertiary/aromatic N) is 2. The Balaban J connectivity index is 1.55. The van der Waals surface area contributed by atoms with Crippen LogP contribution < -0.4 is 10.4 Å². The van der Waals surface area contributed by atoms with Gasteiger partial charge in [0.2, 0.25) is 0 Å². The van der Waals surface area contributed by atoms with Crippen molar-refractivity contribution in [2.75, 3.05) is 0 Å². The summed E-state index contributed by atoms with van der Waals surface area (Å²) in [6.07, 6.45) is 0. The van der Waals surface area contributed by atoms with Gasteiger partial charge >= 0.3 is 0 Å². The maximum Gasteiger partial charge on any atom is 0.0785 e. The molecule has 2 nitrogen and oxygen atoms in total. The minimum absolute atomic E-state index is 1.32. The SMILES string of the molecule is C[Si](C)(C)c1ccc2c3cc4c(cc3n3c5ccccc5c1c23)c1ccc([Si](C)(C)C)c2c3ccccc3n4c12. The quantitative estimate of drug-likeness (QED) is 0.191. The predicted octanol–water partition coefficient (Wildman–Crippen LogP) is 9.08. The van der Waals surface area contributed by atoms with Gasteiger partial charge in [0.15, 0.2) is 0 Å². The van der Waals surface area contributed by atoms with Gasteiger partial charge in [-0.15, -0.1) is 0 Å². The lowest BCUT2D eigenvalue weighted by molar-refractivity contribution is 1.36. The van der Waals surface area contributed by atoms with Crippen LogP contribution in [0.1, 0.15) is 0 Å². The molecule has 9 aromatic rings. The molecule has 0 spiro atoms. The Labute approximate surface area is 235 Å². The lowest BCUT2D eigenvalue weighted by Crippen LogP contribution is -2.37. The van der Waals surface area contributed by atoms with Crippen LogP contribution in [0.4, 0.5) is 0 Å². The molecule has 9 rings (SSSR count). The van der Waals surface area contributed by atoms with Crippen LogP contribution in [-0.4, -0.2) is 24.9 Å². The lowest BCUT2D eigenvalue weighted by Gasteiger charge is -2.18. The van der Waals surface area contributed by atoms with Gasteiger partial charge in [-0.25, -0.2) is 0 Å². The van der Waals surface area contributed by atoms with Gasteiger partial charge in [0, 0.05) is 43.1 Å². The number of aromatic nitrogens is 2. The van der Waals surface area contributed by atoms with Crippen LogP contribution in [0.2, 0.25) is 39.3 Å². The summed E-state index contributed by atoms with van der Waals surface area (Å²) in [4.78, 5) is 0. The highest BCUT2D eigenvalue weighted by Gasteiger charge is 2.28. The molecule has 194 valence electrons. The molecule has 0 amide bonds. The van der Waals surface area contributed by atoms with Crippen molar-refractivity contribution in [2.24, 2.45) is 0 Å². The van der Waals surface area contributed by atoms with Gasteiger partial charge in [0.1, 0.15) is 0 Å². The van der Waals surface area contributed by atoms with E-state index in [9.17, 15) is 0 Å². The maximum atomic E-state index is 2.57. The summed E-state index contributed by atoms with van der Waals surface area (Å²) in [5, 5.41) is 14.3. The maximum absolute atomic E-state index is 2.57. The average molecular weight is 549 g/mol. The van der Waals surface area contributed by atoms with Crippen LogP contribution in [0.3, 0.4) is 0 Å². The Morgan fingerprint density at radius 2 is 0.800 bits per heavy atom. The van der Waals surface area contributed by atoms with E-state index < -0.39 is 16.1 Å². The lowest BCUT2D eigenvalue weighted by atomic mass is 10.0. The zero-order chi connectivity index (χ0) is 27.3. The Kier molecular flexibility index (Phi) is 4.04. The summed E-state index contributed by atoms with van der Waals surface area (Å²) in [7, 11) is -3.11. The smallest absolute Gasteiger partial charge is 0.0785 e. The van der Waals surface area contributed by atoms with Crippen LogP contribution in [0, 0.1) is 0 Å². The number of hydrogen-bond donors (Lipinski definition) is 0. The van der Waals surface area contributed by atoms with Gasteiger partial charge in [-0.2, -0.15) is 0 Å². The fourth-order valence-electron chi connectivity index (χ4n) is 7.76. The highest BCUT2D eigenvalue weighted by atomic mass is 28.3. The topological polar surface area (TPSA) is 8.82 Å². The number of fused-ring (bicyclic) bond motifs is 12. The number of benzene rings is 5. The second kappa shape index (κ2) is 7.06. The molecule has 0 aliphatic heterocycles. The molecule has 0 unspecified atom stereocenters. The summed E-state index contributed by atoms with van der Waals surface area (Å²) in [5.41, 5.74) is 8.10. The molecular formula is C36H32N2Si2. The van der Waals surface area contributed by atoms with Crippen LogP contribution in [0.15, 0.2) is 84.9 Å². The van der Waals surface area contributed by atoms with Crippen molar-refractivity contribution in [2.45, 2.75) is 39.3 Å². The highest BCUT2D eigenvalue weighted by Crippen LogP contribution is 2.44. The zero-order valence-electron chi connectivity index (χ0n) is 24.0. The van der Waals surface area contributed by atoms with Crippen molar-refractivity contribution in [3.8, 4) is 0 Å². The van der Waals surface area contributed by atoms with E-state index in [4.69, 9.17) is 0 Å². The van der Waals surface area contributed by atoms with Crippen molar-refractivity contribution in [3.63, 3.8) is 0 Å². The second-order valence-electron chi connectivity index (χ2n) is 13.9. The first-order chi connectivity index (χ1) is 19.1. The fourth-order valence-corrected chi connectivity index (χ4v) is 10.9. The molecule has 0 N–H and O–H groups in total. The van der Waals surface area contributed by atoms with Crippen LogP contribution in [0.25, 0.3) is 76.2 Å². The number of rotatable bonds is 2. The standard InChI is InChI=1S/C36H32N2Si2/c1-39(2,3)31-17-15-21-25-19-30-26(20-29(25)37-27-13-9-7-11-23(27)33(31)35(21)37)22-16-18-32(40(4,5)6)34-24-12-8-10-14-28(24)38(30)36(22)34/h7-20H,1-6H3. The Hall–Kier alpha value is -3.87. The van der Waals surface area contributed by atoms with Crippen LogP contribution in [0.5, 0.6) is 0 Å². The highest BCUT2D eigenvalue weighted by molar-refractivity contribution is 6.91. The van der Waals surface area contributed by atoms with Gasteiger partial charge in [0.05, 0.1) is 49.2 Å². The van der Waals surface area contributed by atoms with Crippen molar-refractivity contribution in [1.29, 1.82) is 0 Å². The molecule has 0 aliphatic carbocycles. The molecule has 40 heavy (non-hydrogen) atoms. The predicted molar refractivity (Wildman–Crippen MR) is 182 cm³/mol. The molecule has 0 aliphatic rings. The first-order valence-corrected chi connectivity index (χ1v) is 21.5. The summed E-state index contributed by atoms with van der Waals surface area (Å²) >= 11 is 0. The molecule has 0 radical (unpaired) electrons. The first-order valence-electron chi connectivity index (χ1n) is 14.5. The number of hydrogen-bond acceptors (Lipinski definition) is 0. The molecule has 0 atom stereocenters. The molecular weight excluding hydrogens is 517 g/mol. The molecule has 0 bridgehead atoms.